The van der Waals surface area contributed by atoms with Crippen LogP contribution in [0.25, 0.3) is 0 Å². The first-order chi connectivity index (χ1) is 11.5. The van der Waals surface area contributed by atoms with Gasteiger partial charge < -0.3 is 10.2 Å². The Morgan fingerprint density at radius 3 is 2.54 bits per heavy atom. The van der Waals surface area contributed by atoms with Crippen LogP contribution in [-0.2, 0) is 11.3 Å². The fraction of sp³-hybridized carbons (Fsp3) is 0.278. The Labute approximate surface area is 146 Å². The van der Waals surface area contributed by atoms with Crippen LogP contribution in [0.4, 0.5) is 0 Å². The number of rotatable bonds is 6. The Kier molecular flexibility index (Phi) is 6.32. The van der Waals surface area contributed by atoms with E-state index in [1.165, 1.54) is 0 Å². The maximum absolute atomic E-state index is 12.3. The first-order valence-corrected chi connectivity index (χ1v) is 8.04. The summed E-state index contributed by atoms with van der Waals surface area (Å²) in [6.07, 6.45) is 1.88. The lowest BCUT2D eigenvalue weighted by Gasteiger charge is -2.20. The molecule has 126 valence electrons. The highest BCUT2D eigenvalue weighted by Gasteiger charge is 2.16. The van der Waals surface area contributed by atoms with Gasteiger partial charge in [0.1, 0.15) is 5.15 Å². The normalized spacial score (nSPS) is 11.6. The quantitative estimate of drug-likeness (QED) is 0.819. The molecule has 0 spiro atoms. The second kappa shape index (κ2) is 8.45. The SMILES string of the molecule is C[C@@H](CC(=O)N(C)Cc1ccc(Cl)nc1)NC(=O)c1ccccc1. The minimum atomic E-state index is -0.254. The number of nitrogens with zero attached hydrogens (tertiary/aromatic N) is 2. The minimum Gasteiger partial charge on any atom is -0.349 e. The summed E-state index contributed by atoms with van der Waals surface area (Å²) < 4.78 is 0. The average molecular weight is 346 g/mol. The maximum Gasteiger partial charge on any atom is 0.251 e. The molecule has 0 aliphatic carbocycles. The Morgan fingerprint density at radius 1 is 1.21 bits per heavy atom. The zero-order valence-corrected chi connectivity index (χ0v) is 14.5. The molecule has 1 aromatic carbocycles. The molecule has 0 aliphatic rings. The van der Waals surface area contributed by atoms with Gasteiger partial charge in [-0.05, 0) is 30.7 Å². The molecule has 1 N–H and O–H groups in total. The molecule has 0 saturated heterocycles. The molecule has 1 heterocycles. The van der Waals surface area contributed by atoms with Gasteiger partial charge in [-0.15, -0.1) is 0 Å². The second-order valence-electron chi connectivity index (χ2n) is 5.68. The van der Waals surface area contributed by atoms with E-state index < -0.39 is 0 Å². The highest BCUT2D eigenvalue weighted by molar-refractivity contribution is 6.29. The van der Waals surface area contributed by atoms with Gasteiger partial charge in [0.05, 0.1) is 0 Å². The predicted octanol–water partition coefficient (Wildman–Crippen LogP) is 2.90. The number of carbonyl (C=O) groups excluding carboxylic acids is 2. The minimum absolute atomic E-state index is 0.0502. The number of nitrogens with one attached hydrogen (secondary N) is 1. The number of amides is 2. The summed E-state index contributed by atoms with van der Waals surface area (Å²) in [5.41, 5.74) is 1.48. The molecule has 0 radical (unpaired) electrons. The molecular formula is C18H20ClN3O2. The third kappa shape index (κ3) is 5.35. The van der Waals surface area contributed by atoms with E-state index >= 15 is 0 Å². The fourth-order valence-electron chi connectivity index (χ4n) is 2.23. The van der Waals surface area contributed by atoms with Crippen LogP contribution in [0.5, 0.6) is 0 Å². The summed E-state index contributed by atoms with van der Waals surface area (Å²) in [6, 6.07) is 12.2. The third-order valence-electron chi connectivity index (χ3n) is 3.53. The molecule has 2 amide bonds. The van der Waals surface area contributed by atoms with Crippen molar-refractivity contribution in [3.63, 3.8) is 0 Å². The highest BCUT2D eigenvalue weighted by Crippen LogP contribution is 2.09. The van der Waals surface area contributed by atoms with Crippen LogP contribution in [-0.4, -0.2) is 34.8 Å². The Morgan fingerprint density at radius 2 is 1.92 bits per heavy atom. The molecule has 2 rings (SSSR count). The van der Waals surface area contributed by atoms with Gasteiger partial charge in [-0.2, -0.15) is 0 Å². The summed E-state index contributed by atoms with van der Waals surface area (Å²) in [7, 11) is 1.72. The lowest BCUT2D eigenvalue weighted by atomic mass is 10.1. The van der Waals surface area contributed by atoms with E-state index in [0.717, 1.165) is 5.56 Å². The first kappa shape index (κ1) is 17.9. The topological polar surface area (TPSA) is 62.3 Å². The molecule has 0 bridgehead atoms. The van der Waals surface area contributed by atoms with Crippen molar-refractivity contribution >= 4 is 23.4 Å². The molecule has 24 heavy (non-hydrogen) atoms. The molecule has 5 nitrogen and oxygen atoms in total. The van der Waals surface area contributed by atoms with E-state index in [1.807, 2.05) is 19.1 Å². The summed E-state index contributed by atoms with van der Waals surface area (Å²) >= 11 is 5.75. The van der Waals surface area contributed by atoms with Gasteiger partial charge in [0.25, 0.3) is 5.91 Å². The number of pyridine rings is 1. The van der Waals surface area contributed by atoms with Crippen molar-refractivity contribution in [2.45, 2.75) is 25.9 Å². The van der Waals surface area contributed by atoms with Crippen molar-refractivity contribution in [2.75, 3.05) is 7.05 Å². The fourth-order valence-corrected chi connectivity index (χ4v) is 2.34. The molecule has 0 saturated carbocycles. The molecule has 0 unspecified atom stereocenters. The van der Waals surface area contributed by atoms with Crippen LogP contribution in [0.2, 0.25) is 5.15 Å². The zero-order valence-electron chi connectivity index (χ0n) is 13.7. The lowest BCUT2D eigenvalue weighted by Crippen LogP contribution is -2.37. The van der Waals surface area contributed by atoms with E-state index in [0.29, 0.717) is 17.3 Å². The van der Waals surface area contributed by atoms with Gasteiger partial charge in [0, 0.05) is 37.8 Å². The third-order valence-corrected chi connectivity index (χ3v) is 3.75. The van der Waals surface area contributed by atoms with E-state index in [4.69, 9.17) is 11.6 Å². The van der Waals surface area contributed by atoms with Crippen molar-refractivity contribution < 1.29 is 9.59 Å². The number of hydrogen-bond donors (Lipinski definition) is 1. The van der Waals surface area contributed by atoms with Crippen LogP contribution >= 0.6 is 11.6 Å². The van der Waals surface area contributed by atoms with E-state index in [2.05, 4.69) is 10.3 Å². The Hall–Kier alpha value is -2.40. The van der Waals surface area contributed by atoms with Crippen LogP contribution < -0.4 is 5.32 Å². The largest absolute Gasteiger partial charge is 0.349 e. The summed E-state index contributed by atoms with van der Waals surface area (Å²) in [6.45, 7) is 2.26. The van der Waals surface area contributed by atoms with Crippen LogP contribution in [0.15, 0.2) is 48.7 Å². The monoisotopic (exact) mass is 345 g/mol. The van der Waals surface area contributed by atoms with Gasteiger partial charge in [-0.3, -0.25) is 9.59 Å². The standard InChI is InChI=1S/C18H20ClN3O2/c1-13(21-18(24)15-6-4-3-5-7-15)10-17(23)22(2)12-14-8-9-16(19)20-11-14/h3-9,11,13H,10,12H2,1-2H3,(H,21,24)/t13-/m0/s1. The van der Waals surface area contributed by atoms with E-state index in [1.54, 1.807) is 48.5 Å². The Bertz CT molecular complexity index is 689. The summed E-state index contributed by atoms with van der Waals surface area (Å²) in [5.74, 6) is -0.230. The summed E-state index contributed by atoms with van der Waals surface area (Å²) in [5, 5.41) is 3.26. The smallest absolute Gasteiger partial charge is 0.251 e. The van der Waals surface area contributed by atoms with Crippen molar-refractivity contribution in [1.29, 1.82) is 0 Å². The van der Waals surface area contributed by atoms with Crippen LogP contribution in [0.1, 0.15) is 29.3 Å². The van der Waals surface area contributed by atoms with Gasteiger partial charge >= 0.3 is 0 Å². The number of carbonyl (C=O) groups is 2. The van der Waals surface area contributed by atoms with Gasteiger partial charge in [-0.1, -0.05) is 35.9 Å². The number of benzene rings is 1. The van der Waals surface area contributed by atoms with Crippen molar-refractivity contribution in [3.05, 3.63) is 64.9 Å². The molecular weight excluding hydrogens is 326 g/mol. The van der Waals surface area contributed by atoms with E-state index in [-0.39, 0.29) is 24.3 Å². The Balaban J connectivity index is 1.84. The number of aromatic nitrogens is 1. The van der Waals surface area contributed by atoms with Gasteiger partial charge in [0.2, 0.25) is 5.91 Å². The summed E-state index contributed by atoms with van der Waals surface area (Å²) in [4.78, 5) is 29.9. The number of hydrogen-bond acceptors (Lipinski definition) is 3. The lowest BCUT2D eigenvalue weighted by molar-refractivity contribution is -0.130. The average Bonchev–Trinajstić information content (AvgIpc) is 2.57. The molecule has 0 fully saturated rings. The predicted molar refractivity (Wildman–Crippen MR) is 93.7 cm³/mol. The molecule has 1 atom stereocenters. The molecule has 1 aromatic heterocycles. The molecule has 0 aliphatic heterocycles. The van der Waals surface area contributed by atoms with E-state index in [9.17, 15) is 9.59 Å². The van der Waals surface area contributed by atoms with Gasteiger partial charge in [-0.25, -0.2) is 4.98 Å². The van der Waals surface area contributed by atoms with Crippen molar-refractivity contribution in [2.24, 2.45) is 0 Å². The van der Waals surface area contributed by atoms with Crippen molar-refractivity contribution in [1.82, 2.24) is 15.2 Å². The van der Waals surface area contributed by atoms with Gasteiger partial charge in [0.15, 0.2) is 0 Å². The van der Waals surface area contributed by atoms with Crippen molar-refractivity contribution in [3.8, 4) is 0 Å². The second-order valence-corrected chi connectivity index (χ2v) is 6.07. The zero-order chi connectivity index (χ0) is 17.5. The molecule has 6 heteroatoms. The first-order valence-electron chi connectivity index (χ1n) is 7.66. The number of halogens is 1. The highest BCUT2D eigenvalue weighted by atomic mass is 35.5. The van der Waals surface area contributed by atoms with Crippen LogP contribution in [0.3, 0.4) is 0 Å². The maximum atomic E-state index is 12.3. The van der Waals surface area contributed by atoms with Crippen LogP contribution in [0, 0.1) is 0 Å². The molecule has 2 aromatic rings.